The van der Waals surface area contributed by atoms with Crippen LogP contribution in [0.1, 0.15) is 22.8 Å². The molecule has 1 aliphatic heterocycles. The van der Waals surface area contributed by atoms with E-state index in [2.05, 4.69) is 26.6 Å². The Bertz CT molecular complexity index is 1280. The number of amides is 1. The number of rotatable bonds is 7. The number of carbonyl (C=O) groups is 1. The summed E-state index contributed by atoms with van der Waals surface area (Å²) in [5.74, 6) is 1.63. The predicted octanol–water partition coefficient (Wildman–Crippen LogP) is 5.72. The van der Waals surface area contributed by atoms with E-state index < -0.39 is 0 Å². The van der Waals surface area contributed by atoms with Crippen LogP contribution in [0.2, 0.25) is 5.02 Å². The van der Waals surface area contributed by atoms with Crippen LogP contribution in [0.15, 0.2) is 71.2 Å². The fourth-order valence-corrected chi connectivity index (χ4v) is 5.91. The average molecular weight is 524 g/mol. The molecule has 180 valence electrons. The summed E-state index contributed by atoms with van der Waals surface area (Å²) in [6.07, 6.45) is 0. The predicted molar refractivity (Wildman–Crippen MR) is 144 cm³/mol. The van der Waals surface area contributed by atoms with Gasteiger partial charge in [0.15, 0.2) is 11.0 Å². The fraction of sp³-hybridized carbons (Fsp3) is 0.269. The van der Waals surface area contributed by atoms with Crippen LogP contribution in [0.5, 0.6) is 0 Å². The maximum atomic E-state index is 12.9. The number of piperazine rings is 1. The number of likely N-dealkylation sites (N-methyl/N-ethyl adjacent to an activating group) is 1. The average Bonchev–Trinajstić information content (AvgIpc) is 3.57. The number of halogens is 1. The molecule has 0 spiro atoms. The van der Waals surface area contributed by atoms with Crippen LogP contribution in [0.4, 0.5) is 0 Å². The van der Waals surface area contributed by atoms with Crippen molar-refractivity contribution in [2.24, 2.45) is 0 Å². The summed E-state index contributed by atoms with van der Waals surface area (Å²) in [5.41, 5.74) is 2.80. The first kappa shape index (κ1) is 24.1. The molecule has 0 N–H and O–H groups in total. The van der Waals surface area contributed by atoms with Gasteiger partial charge in [0.05, 0.1) is 10.6 Å². The quantitative estimate of drug-likeness (QED) is 0.290. The zero-order valence-electron chi connectivity index (χ0n) is 19.4. The van der Waals surface area contributed by atoms with Gasteiger partial charge in [0.1, 0.15) is 0 Å². The van der Waals surface area contributed by atoms with Crippen molar-refractivity contribution in [2.45, 2.75) is 17.8 Å². The summed E-state index contributed by atoms with van der Waals surface area (Å²) < 4.78 is 2.05. The van der Waals surface area contributed by atoms with Crippen LogP contribution in [0, 0.1) is 0 Å². The molecule has 0 atom stereocenters. The highest BCUT2D eigenvalue weighted by Crippen LogP contribution is 2.32. The van der Waals surface area contributed by atoms with Crippen molar-refractivity contribution in [3.63, 3.8) is 0 Å². The van der Waals surface area contributed by atoms with Gasteiger partial charge in [-0.25, -0.2) is 0 Å². The molecule has 1 aliphatic rings. The van der Waals surface area contributed by atoms with E-state index in [-0.39, 0.29) is 5.91 Å². The molecule has 0 aliphatic carbocycles. The smallest absolute Gasteiger partial charge is 0.253 e. The van der Waals surface area contributed by atoms with Crippen molar-refractivity contribution >= 4 is 40.6 Å². The summed E-state index contributed by atoms with van der Waals surface area (Å²) in [6, 6.07) is 19.7. The number of hydrogen-bond acceptors (Lipinski definition) is 6. The number of hydrogen-bond donors (Lipinski definition) is 0. The minimum absolute atomic E-state index is 0.112. The molecule has 35 heavy (non-hydrogen) atoms. The third kappa shape index (κ3) is 5.46. The van der Waals surface area contributed by atoms with E-state index in [1.165, 1.54) is 0 Å². The Morgan fingerprint density at radius 1 is 1.03 bits per heavy atom. The molecule has 9 heteroatoms. The van der Waals surface area contributed by atoms with Gasteiger partial charge in [-0.15, -0.1) is 21.5 Å². The van der Waals surface area contributed by atoms with Crippen molar-refractivity contribution in [2.75, 3.05) is 32.7 Å². The monoisotopic (exact) mass is 523 g/mol. The largest absolute Gasteiger partial charge is 0.336 e. The van der Waals surface area contributed by atoms with Crippen LogP contribution in [0.25, 0.3) is 16.4 Å². The van der Waals surface area contributed by atoms with Gasteiger partial charge in [0.2, 0.25) is 0 Å². The molecule has 0 bridgehead atoms. The number of nitrogens with zero attached hydrogens (tertiary/aromatic N) is 5. The standard InChI is InChI=1S/C26H26ClN5OS2/c1-2-30-12-14-31(15-13-30)25(33)20-10-8-19(9-11-20)18-35-26-29-28-24(23-7-4-16-34-23)32(26)22-6-3-5-21(27)17-22/h3-11,16-17H,2,12-15,18H2,1H3. The first-order valence-corrected chi connectivity index (χ1v) is 13.9. The highest BCUT2D eigenvalue weighted by molar-refractivity contribution is 7.98. The highest BCUT2D eigenvalue weighted by atomic mass is 35.5. The third-order valence-electron chi connectivity index (χ3n) is 6.12. The van der Waals surface area contributed by atoms with Gasteiger partial charge in [-0.3, -0.25) is 9.36 Å². The molecule has 0 unspecified atom stereocenters. The molecule has 3 heterocycles. The van der Waals surface area contributed by atoms with E-state index in [0.29, 0.717) is 10.8 Å². The fourth-order valence-electron chi connectivity index (χ4n) is 4.12. The second-order valence-electron chi connectivity index (χ2n) is 8.31. The number of thiophene rings is 1. The summed E-state index contributed by atoms with van der Waals surface area (Å²) in [4.78, 5) is 18.3. The molecule has 0 radical (unpaired) electrons. The van der Waals surface area contributed by atoms with E-state index in [0.717, 1.165) is 65.4 Å². The SMILES string of the molecule is CCN1CCN(C(=O)c2ccc(CSc3nnc(-c4cccs4)n3-c3cccc(Cl)c3)cc2)CC1. The van der Waals surface area contributed by atoms with Crippen molar-refractivity contribution in [1.82, 2.24) is 24.6 Å². The summed E-state index contributed by atoms with van der Waals surface area (Å²) in [6.45, 7) is 6.66. The summed E-state index contributed by atoms with van der Waals surface area (Å²) in [7, 11) is 0. The van der Waals surface area contributed by atoms with Gasteiger partial charge in [-0.1, -0.05) is 54.6 Å². The van der Waals surface area contributed by atoms with E-state index >= 15 is 0 Å². The molecule has 6 nitrogen and oxygen atoms in total. The first-order chi connectivity index (χ1) is 17.1. The first-order valence-electron chi connectivity index (χ1n) is 11.6. The van der Waals surface area contributed by atoms with E-state index in [1.54, 1.807) is 23.1 Å². The minimum atomic E-state index is 0.112. The second kappa shape index (κ2) is 11.0. The van der Waals surface area contributed by atoms with Gasteiger partial charge < -0.3 is 9.80 Å². The minimum Gasteiger partial charge on any atom is -0.336 e. The van der Waals surface area contributed by atoms with Gasteiger partial charge in [0, 0.05) is 42.5 Å². The summed E-state index contributed by atoms with van der Waals surface area (Å²) in [5, 5.41) is 12.5. The van der Waals surface area contributed by atoms with Crippen LogP contribution < -0.4 is 0 Å². The van der Waals surface area contributed by atoms with Crippen molar-refractivity contribution in [3.8, 4) is 16.4 Å². The Labute approximate surface area is 218 Å². The van der Waals surface area contributed by atoms with Crippen molar-refractivity contribution in [3.05, 3.63) is 82.2 Å². The molecule has 4 aromatic rings. The molecule has 1 fully saturated rings. The molecular formula is C26H26ClN5OS2. The van der Waals surface area contributed by atoms with Crippen LogP contribution >= 0.6 is 34.7 Å². The summed E-state index contributed by atoms with van der Waals surface area (Å²) >= 11 is 9.53. The normalized spacial score (nSPS) is 14.4. The maximum absolute atomic E-state index is 12.9. The Kier molecular flexibility index (Phi) is 7.53. The van der Waals surface area contributed by atoms with Gasteiger partial charge in [-0.2, -0.15) is 0 Å². The third-order valence-corrected chi connectivity index (χ3v) is 8.22. The molecule has 0 saturated carbocycles. The van der Waals surface area contributed by atoms with Crippen LogP contribution in [0.3, 0.4) is 0 Å². The highest BCUT2D eigenvalue weighted by Gasteiger charge is 2.21. The van der Waals surface area contributed by atoms with Crippen LogP contribution in [-0.2, 0) is 5.75 Å². The molecule has 1 amide bonds. The number of benzene rings is 2. The van der Waals surface area contributed by atoms with E-state index in [4.69, 9.17) is 11.6 Å². The Morgan fingerprint density at radius 3 is 2.51 bits per heavy atom. The lowest BCUT2D eigenvalue weighted by atomic mass is 10.1. The van der Waals surface area contributed by atoms with Gasteiger partial charge in [-0.05, 0) is 53.9 Å². The Hall–Kier alpha value is -2.65. The molecule has 2 aromatic heterocycles. The van der Waals surface area contributed by atoms with E-state index in [9.17, 15) is 4.79 Å². The number of carbonyl (C=O) groups excluding carboxylic acids is 1. The van der Waals surface area contributed by atoms with Crippen molar-refractivity contribution < 1.29 is 4.79 Å². The number of aromatic nitrogens is 3. The number of thioether (sulfide) groups is 1. The van der Waals surface area contributed by atoms with Gasteiger partial charge in [0.25, 0.3) is 5.91 Å². The Balaban J connectivity index is 1.31. The van der Waals surface area contributed by atoms with Crippen molar-refractivity contribution in [1.29, 1.82) is 0 Å². The van der Waals surface area contributed by atoms with Crippen LogP contribution in [-0.4, -0.2) is 63.2 Å². The lowest BCUT2D eigenvalue weighted by Crippen LogP contribution is -2.48. The molecule has 2 aromatic carbocycles. The van der Waals surface area contributed by atoms with E-state index in [1.807, 2.05) is 70.9 Å². The maximum Gasteiger partial charge on any atom is 0.253 e. The zero-order chi connectivity index (χ0) is 24.2. The topological polar surface area (TPSA) is 54.3 Å². The lowest BCUT2D eigenvalue weighted by molar-refractivity contribution is 0.0643. The Morgan fingerprint density at radius 2 is 1.83 bits per heavy atom. The van der Waals surface area contributed by atoms with Gasteiger partial charge >= 0.3 is 0 Å². The molecular weight excluding hydrogens is 498 g/mol. The molecule has 5 rings (SSSR count). The molecule has 1 saturated heterocycles. The second-order valence-corrected chi connectivity index (χ2v) is 10.6. The lowest BCUT2D eigenvalue weighted by Gasteiger charge is -2.34. The zero-order valence-corrected chi connectivity index (χ0v) is 21.8.